The Morgan fingerprint density at radius 2 is 2.04 bits per heavy atom. The first kappa shape index (κ1) is 18.8. The third-order valence-electron chi connectivity index (χ3n) is 4.85. The molecule has 1 aromatic heterocycles. The second-order valence-electron chi connectivity index (χ2n) is 6.48. The summed E-state index contributed by atoms with van der Waals surface area (Å²) in [5, 5.41) is 4.47. The van der Waals surface area contributed by atoms with E-state index in [0.717, 1.165) is 55.8 Å². The molecule has 0 aliphatic carbocycles. The van der Waals surface area contributed by atoms with E-state index in [9.17, 15) is 4.79 Å². The normalized spacial score (nSPS) is 16.8. The van der Waals surface area contributed by atoms with Crippen LogP contribution in [0.3, 0.4) is 0 Å². The molecule has 4 nitrogen and oxygen atoms in total. The molecule has 1 aliphatic rings. The lowest BCUT2D eigenvalue weighted by Gasteiger charge is -2.33. The van der Waals surface area contributed by atoms with Crippen LogP contribution in [-0.4, -0.2) is 37.0 Å². The van der Waals surface area contributed by atoms with Crippen molar-refractivity contribution >= 4 is 29.3 Å². The number of nitrogens with one attached hydrogen (secondary N) is 1. The molecule has 1 amide bonds. The van der Waals surface area contributed by atoms with Gasteiger partial charge < -0.3 is 14.6 Å². The van der Waals surface area contributed by atoms with E-state index in [1.807, 2.05) is 42.2 Å². The smallest absolute Gasteiger partial charge is 0.233 e. The maximum Gasteiger partial charge on any atom is 0.233 e. The molecule has 1 atom stereocenters. The summed E-state index contributed by atoms with van der Waals surface area (Å²) in [7, 11) is 0. The first-order valence-electron chi connectivity index (χ1n) is 8.67. The minimum Gasteiger partial charge on any atom is -0.460 e. The third kappa shape index (κ3) is 4.11. The number of fused-ring (bicyclic) bond motifs is 1. The number of rotatable bonds is 5. The Labute approximate surface area is 150 Å². The monoisotopic (exact) mass is 350 g/mol. The number of benzene rings is 1. The number of amides is 1. The summed E-state index contributed by atoms with van der Waals surface area (Å²) < 4.78 is 5.86. The molecule has 1 aliphatic heterocycles. The lowest BCUT2D eigenvalue weighted by molar-refractivity contribution is -0.134. The molecule has 2 heterocycles. The lowest BCUT2D eigenvalue weighted by Crippen LogP contribution is -2.42. The van der Waals surface area contributed by atoms with Gasteiger partial charge in [-0.25, -0.2) is 0 Å². The molecule has 0 radical (unpaired) electrons. The van der Waals surface area contributed by atoms with Gasteiger partial charge in [-0.2, -0.15) is 0 Å². The van der Waals surface area contributed by atoms with Gasteiger partial charge in [-0.3, -0.25) is 4.79 Å². The quantitative estimate of drug-likeness (QED) is 0.891. The number of carbonyl (C=O) groups excluding carboxylic acids is 1. The van der Waals surface area contributed by atoms with E-state index in [-0.39, 0.29) is 24.2 Å². The van der Waals surface area contributed by atoms with Gasteiger partial charge in [-0.05, 0) is 50.9 Å². The van der Waals surface area contributed by atoms with Crippen molar-refractivity contribution < 1.29 is 9.21 Å². The molecule has 0 saturated carbocycles. The summed E-state index contributed by atoms with van der Waals surface area (Å²) in [6.07, 6.45) is 2.18. The van der Waals surface area contributed by atoms with Gasteiger partial charge >= 0.3 is 0 Å². The number of hydrogen-bond donors (Lipinski definition) is 1. The van der Waals surface area contributed by atoms with Gasteiger partial charge in [0.15, 0.2) is 0 Å². The molecule has 0 spiro atoms. The zero-order valence-electron chi connectivity index (χ0n) is 14.5. The highest BCUT2D eigenvalue weighted by atomic mass is 35.5. The first-order chi connectivity index (χ1) is 11.2. The van der Waals surface area contributed by atoms with Crippen LogP contribution in [0.1, 0.15) is 38.4 Å². The van der Waals surface area contributed by atoms with Crippen LogP contribution in [0, 0.1) is 5.92 Å². The molecule has 1 aromatic carbocycles. The van der Waals surface area contributed by atoms with Crippen LogP contribution in [0.4, 0.5) is 0 Å². The number of hydrogen-bond acceptors (Lipinski definition) is 3. The fourth-order valence-corrected chi connectivity index (χ4v) is 3.32. The van der Waals surface area contributed by atoms with Crippen molar-refractivity contribution in [1.29, 1.82) is 0 Å². The average Bonchev–Trinajstić information content (AvgIpc) is 3.03. The largest absolute Gasteiger partial charge is 0.460 e. The van der Waals surface area contributed by atoms with E-state index in [2.05, 4.69) is 12.2 Å². The van der Waals surface area contributed by atoms with Crippen LogP contribution in [0.15, 0.2) is 34.7 Å². The fourth-order valence-electron chi connectivity index (χ4n) is 3.32. The van der Waals surface area contributed by atoms with Crippen molar-refractivity contribution in [1.82, 2.24) is 10.2 Å². The van der Waals surface area contributed by atoms with Crippen molar-refractivity contribution in [2.45, 2.75) is 32.6 Å². The van der Waals surface area contributed by atoms with Gasteiger partial charge in [0.2, 0.25) is 5.91 Å². The Hall–Kier alpha value is -1.52. The molecular weight excluding hydrogens is 324 g/mol. The zero-order valence-corrected chi connectivity index (χ0v) is 15.3. The van der Waals surface area contributed by atoms with Crippen LogP contribution in [0.2, 0.25) is 0 Å². The van der Waals surface area contributed by atoms with E-state index < -0.39 is 0 Å². The molecule has 1 fully saturated rings. The van der Waals surface area contributed by atoms with Crippen LogP contribution in [-0.2, 0) is 4.79 Å². The van der Waals surface area contributed by atoms with Crippen molar-refractivity contribution in [3.05, 3.63) is 36.1 Å². The Morgan fingerprint density at radius 3 is 2.71 bits per heavy atom. The number of para-hydroxylation sites is 1. The Kier molecular flexibility index (Phi) is 6.69. The van der Waals surface area contributed by atoms with Crippen molar-refractivity contribution in [2.75, 3.05) is 26.2 Å². The highest BCUT2D eigenvalue weighted by Gasteiger charge is 2.28. The second-order valence-corrected chi connectivity index (χ2v) is 6.48. The molecular formula is C19H27ClN2O2. The minimum absolute atomic E-state index is 0. The number of piperidine rings is 1. The number of nitrogens with zero attached hydrogens (tertiary/aromatic N) is 1. The highest BCUT2D eigenvalue weighted by Crippen LogP contribution is 2.27. The zero-order chi connectivity index (χ0) is 16.2. The molecule has 24 heavy (non-hydrogen) atoms. The summed E-state index contributed by atoms with van der Waals surface area (Å²) in [4.78, 5) is 14.7. The third-order valence-corrected chi connectivity index (χ3v) is 4.85. The minimum atomic E-state index is -0.215. The fraction of sp³-hybridized carbons (Fsp3) is 0.526. The van der Waals surface area contributed by atoms with Crippen molar-refractivity contribution in [3.63, 3.8) is 0 Å². The van der Waals surface area contributed by atoms with Gasteiger partial charge in [0.1, 0.15) is 11.3 Å². The van der Waals surface area contributed by atoms with Gasteiger partial charge in [-0.15, -0.1) is 12.4 Å². The van der Waals surface area contributed by atoms with Crippen LogP contribution >= 0.6 is 12.4 Å². The van der Waals surface area contributed by atoms with Crippen molar-refractivity contribution in [3.8, 4) is 0 Å². The maximum atomic E-state index is 12.7. The Bertz CT molecular complexity index is 629. The Balaban J connectivity index is 0.00000208. The summed E-state index contributed by atoms with van der Waals surface area (Å²) in [6, 6.07) is 9.91. The van der Waals surface area contributed by atoms with E-state index >= 15 is 0 Å². The maximum absolute atomic E-state index is 12.7. The van der Waals surface area contributed by atoms with E-state index in [1.54, 1.807) is 0 Å². The summed E-state index contributed by atoms with van der Waals surface area (Å²) >= 11 is 0. The van der Waals surface area contributed by atoms with Gasteiger partial charge in [0, 0.05) is 18.5 Å². The highest BCUT2D eigenvalue weighted by molar-refractivity contribution is 5.86. The molecule has 2 aromatic rings. The van der Waals surface area contributed by atoms with Crippen molar-refractivity contribution in [2.24, 2.45) is 5.92 Å². The average molecular weight is 351 g/mol. The molecule has 5 heteroatoms. The molecule has 1 saturated heterocycles. The van der Waals surface area contributed by atoms with E-state index in [1.165, 1.54) is 0 Å². The van der Waals surface area contributed by atoms with Gasteiger partial charge in [0.05, 0.1) is 5.92 Å². The Morgan fingerprint density at radius 1 is 1.33 bits per heavy atom. The SMILES string of the molecule is CCNCC1CCN(C(=O)C(C)c2cc3ccccc3o2)CC1.Cl. The second kappa shape index (κ2) is 8.54. The summed E-state index contributed by atoms with van der Waals surface area (Å²) in [6.45, 7) is 7.89. The summed E-state index contributed by atoms with van der Waals surface area (Å²) in [5.74, 6) is 1.44. The summed E-state index contributed by atoms with van der Waals surface area (Å²) in [5.41, 5.74) is 0.853. The van der Waals surface area contributed by atoms with Gasteiger partial charge in [-0.1, -0.05) is 25.1 Å². The van der Waals surface area contributed by atoms with E-state index in [0.29, 0.717) is 5.92 Å². The number of furan rings is 1. The first-order valence-corrected chi connectivity index (χ1v) is 8.67. The van der Waals surface area contributed by atoms with Crippen LogP contribution < -0.4 is 5.32 Å². The topological polar surface area (TPSA) is 45.5 Å². The molecule has 1 unspecified atom stereocenters. The number of likely N-dealkylation sites (tertiary alicyclic amines) is 1. The standard InChI is InChI=1S/C19H26N2O2.ClH/c1-3-20-13-15-8-10-21(11-9-15)19(22)14(2)18-12-16-6-4-5-7-17(16)23-18;/h4-7,12,14-15,20H,3,8-11,13H2,1-2H3;1H. The van der Waals surface area contributed by atoms with Crippen LogP contribution in [0.5, 0.6) is 0 Å². The van der Waals surface area contributed by atoms with Crippen LogP contribution in [0.25, 0.3) is 11.0 Å². The predicted octanol–water partition coefficient (Wildman–Crippen LogP) is 3.81. The molecule has 0 bridgehead atoms. The number of halogens is 1. The molecule has 3 rings (SSSR count). The lowest BCUT2D eigenvalue weighted by atomic mass is 9.95. The molecule has 132 valence electrons. The predicted molar refractivity (Wildman–Crippen MR) is 99.7 cm³/mol. The molecule has 1 N–H and O–H groups in total. The number of carbonyl (C=O) groups is 1. The van der Waals surface area contributed by atoms with Gasteiger partial charge in [0.25, 0.3) is 0 Å². The van der Waals surface area contributed by atoms with E-state index in [4.69, 9.17) is 4.42 Å².